The molecule has 0 saturated heterocycles. The lowest BCUT2D eigenvalue weighted by molar-refractivity contribution is -0.122. The second kappa shape index (κ2) is 7.83. The van der Waals surface area contributed by atoms with Crippen LogP contribution >= 0.6 is 12.4 Å². The molecule has 6 heteroatoms. The molecular formula is C19H27ClN2O3. The first kappa shape index (κ1) is 18.3. The summed E-state index contributed by atoms with van der Waals surface area (Å²) in [6, 6.07) is 6.39. The third-order valence-electron chi connectivity index (χ3n) is 5.68. The van der Waals surface area contributed by atoms with Gasteiger partial charge in [0, 0.05) is 12.1 Å². The smallest absolute Gasteiger partial charge is 0.224 e. The topological polar surface area (TPSA) is 73.6 Å². The molecule has 4 rings (SSSR count). The van der Waals surface area contributed by atoms with E-state index >= 15 is 0 Å². The molecule has 1 aliphatic heterocycles. The van der Waals surface area contributed by atoms with Gasteiger partial charge in [-0.25, -0.2) is 0 Å². The molecule has 2 atom stereocenters. The first-order valence-electron chi connectivity index (χ1n) is 9.12. The molecule has 0 spiro atoms. The van der Waals surface area contributed by atoms with E-state index in [1.54, 1.807) is 0 Å². The number of carbonyl (C=O) groups excluding carboxylic acids is 1. The van der Waals surface area contributed by atoms with Gasteiger partial charge < -0.3 is 20.5 Å². The molecule has 1 aromatic carbocycles. The molecule has 2 aliphatic carbocycles. The van der Waals surface area contributed by atoms with Gasteiger partial charge in [0.25, 0.3) is 0 Å². The van der Waals surface area contributed by atoms with Gasteiger partial charge in [0.2, 0.25) is 5.91 Å². The Balaban J connectivity index is 0.00000182. The third-order valence-corrected chi connectivity index (χ3v) is 5.68. The average molecular weight is 367 g/mol. The number of fused-ring (bicyclic) bond motifs is 3. The summed E-state index contributed by atoms with van der Waals surface area (Å²) in [4.78, 5) is 12.5. The summed E-state index contributed by atoms with van der Waals surface area (Å²) in [5, 5.41) is 3.30. The Hall–Kier alpha value is -1.46. The zero-order chi connectivity index (χ0) is 16.5. The summed E-state index contributed by atoms with van der Waals surface area (Å²) in [6.07, 6.45) is 6.14. The summed E-state index contributed by atoms with van der Waals surface area (Å²) in [7, 11) is 0. The molecule has 5 nitrogen and oxygen atoms in total. The first-order valence-corrected chi connectivity index (χ1v) is 9.12. The summed E-state index contributed by atoms with van der Waals surface area (Å²) < 4.78 is 11.1. The maximum Gasteiger partial charge on any atom is 0.224 e. The predicted molar refractivity (Wildman–Crippen MR) is 98.4 cm³/mol. The number of carbonyl (C=O) groups is 1. The monoisotopic (exact) mass is 366 g/mol. The quantitative estimate of drug-likeness (QED) is 0.861. The molecule has 2 fully saturated rings. The van der Waals surface area contributed by atoms with Gasteiger partial charge in [-0.05, 0) is 55.2 Å². The lowest BCUT2D eigenvalue weighted by atomic mass is 9.67. The van der Waals surface area contributed by atoms with Crippen LogP contribution in [0.15, 0.2) is 18.2 Å². The van der Waals surface area contributed by atoms with Crippen LogP contribution in [0.1, 0.15) is 37.7 Å². The number of amides is 1. The minimum Gasteiger partial charge on any atom is -0.486 e. The number of rotatable bonds is 3. The van der Waals surface area contributed by atoms with Gasteiger partial charge >= 0.3 is 0 Å². The van der Waals surface area contributed by atoms with Crippen LogP contribution in [0.2, 0.25) is 0 Å². The van der Waals surface area contributed by atoms with Gasteiger partial charge in [0.05, 0.1) is 6.42 Å². The van der Waals surface area contributed by atoms with Gasteiger partial charge in [-0.1, -0.05) is 12.5 Å². The van der Waals surface area contributed by atoms with E-state index in [1.807, 2.05) is 18.2 Å². The molecule has 138 valence electrons. The van der Waals surface area contributed by atoms with Crippen molar-refractivity contribution < 1.29 is 14.3 Å². The van der Waals surface area contributed by atoms with Crippen molar-refractivity contribution in [1.29, 1.82) is 0 Å². The number of nitrogens with two attached hydrogens (primary N) is 1. The van der Waals surface area contributed by atoms with Crippen LogP contribution in [-0.2, 0) is 11.2 Å². The Morgan fingerprint density at radius 2 is 1.80 bits per heavy atom. The Kier molecular flexibility index (Phi) is 5.74. The van der Waals surface area contributed by atoms with Crippen LogP contribution in [0.4, 0.5) is 0 Å². The van der Waals surface area contributed by atoms with E-state index in [2.05, 4.69) is 5.32 Å². The highest BCUT2D eigenvalue weighted by Gasteiger charge is 2.39. The van der Waals surface area contributed by atoms with E-state index in [9.17, 15) is 4.79 Å². The lowest BCUT2D eigenvalue weighted by Crippen LogP contribution is -2.54. The molecular weight excluding hydrogens is 340 g/mol. The van der Waals surface area contributed by atoms with Gasteiger partial charge in [-0.15, -0.1) is 12.4 Å². The molecule has 2 unspecified atom stereocenters. The van der Waals surface area contributed by atoms with Gasteiger partial charge in [0.15, 0.2) is 11.5 Å². The highest BCUT2D eigenvalue weighted by atomic mass is 35.5. The summed E-state index contributed by atoms with van der Waals surface area (Å²) in [5.74, 6) is 2.71. The van der Waals surface area contributed by atoms with Crippen LogP contribution < -0.4 is 20.5 Å². The van der Waals surface area contributed by atoms with Crippen molar-refractivity contribution in [3.63, 3.8) is 0 Å². The Bertz CT molecular complexity index is 611. The minimum atomic E-state index is 0. The highest BCUT2D eigenvalue weighted by molar-refractivity contribution is 5.85. The van der Waals surface area contributed by atoms with E-state index in [-0.39, 0.29) is 18.3 Å². The van der Waals surface area contributed by atoms with Crippen LogP contribution in [0, 0.1) is 11.8 Å². The van der Waals surface area contributed by atoms with Crippen LogP contribution in [-0.4, -0.2) is 31.2 Å². The molecule has 1 aromatic rings. The standard InChI is InChI=1S/C19H26N2O3.ClH/c20-15-10-13-2-1-3-14(11-15)19(13)21-18(22)9-12-4-5-16-17(8-12)24-7-6-23-16;/h4-5,8,13-15,19H,1-3,6-7,9-11,20H2,(H,21,22);1H. The normalized spacial score (nSPS) is 30.1. The zero-order valence-corrected chi connectivity index (χ0v) is 15.2. The van der Waals surface area contributed by atoms with Crippen LogP contribution in [0.25, 0.3) is 0 Å². The average Bonchev–Trinajstić information content (AvgIpc) is 2.55. The molecule has 1 heterocycles. The number of halogens is 1. The van der Waals surface area contributed by atoms with Crippen molar-refractivity contribution in [2.24, 2.45) is 17.6 Å². The predicted octanol–water partition coefficient (Wildman–Crippen LogP) is 2.44. The van der Waals surface area contributed by atoms with Crippen molar-refractivity contribution in [2.45, 2.75) is 50.6 Å². The summed E-state index contributed by atoms with van der Waals surface area (Å²) in [6.45, 7) is 1.15. The number of hydrogen-bond acceptors (Lipinski definition) is 4. The second-order valence-corrected chi connectivity index (χ2v) is 7.43. The molecule has 2 saturated carbocycles. The molecule has 1 amide bonds. The molecule has 3 aliphatic rings. The number of hydrogen-bond donors (Lipinski definition) is 2. The van der Waals surface area contributed by atoms with Crippen molar-refractivity contribution >= 4 is 18.3 Å². The molecule has 2 bridgehead atoms. The van der Waals surface area contributed by atoms with E-state index in [0.717, 1.165) is 29.9 Å². The molecule has 3 N–H and O–H groups in total. The number of ether oxygens (including phenoxy) is 2. The van der Waals surface area contributed by atoms with E-state index in [1.165, 1.54) is 19.3 Å². The second-order valence-electron chi connectivity index (χ2n) is 7.43. The van der Waals surface area contributed by atoms with Crippen molar-refractivity contribution in [3.8, 4) is 11.5 Å². The molecule has 0 radical (unpaired) electrons. The largest absolute Gasteiger partial charge is 0.486 e. The Labute approximate surface area is 155 Å². The maximum atomic E-state index is 12.5. The van der Waals surface area contributed by atoms with Crippen molar-refractivity contribution in [1.82, 2.24) is 5.32 Å². The van der Waals surface area contributed by atoms with Gasteiger partial charge in [0.1, 0.15) is 13.2 Å². The lowest BCUT2D eigenvalue weighted by Gasteiger charge is -2.45. The maximum absolute atomic E-state index is 12.5. The van der Waals surface area contributed by atoms with Gasteiger partial charge in [-0.3, -0.25) is 4.79 Å². The van der Waals surface area contributed by atoms with E-state index < -0.39 is 0 Å². The van der Waals surface area contributed by atoms with Crippen molar-refractivity contribution in [2.75, 3.05) is 13.2 Å². The molecule has 25 heavy (non-hydrogen) atoms. The van der Waals surface area contributed by atoms with Gasteiger partial charge in [-0.2, -0.15) is 0 Å². The molecule has 0 aromatic heterocycles. The van der Waals surface area contributed by atoms with Crippen LogP contribution in [0.5, 0.6) is 11.5 Å². The SMILES string of the molecule is Cl.NC1CC2CCCC(C1)C2NC(=O)Cc1ccc2c(c1)OCCO2. The summed E-state index contributed by atoms with van der Waals surface area (Å²) >= 11 is 0. The highest BCUT2D eigenvalue weighted by Crippen LogP contribution is 2.39. The van der Waals surface area contributed by atoms with Crippen molar-refractivity contribution in [3.05, 3.63) is 23.8 Å². The van der Waals surface area contributed by atoms with E-state index in [0.29, 0.717) is 43.6 Å². The third kappa shape index (κ3) is 4.04. The Morgan fingerprint density at radius 1 is 1.12 bits per heavy atom. The van der Waals surface area contributed by atoms with Crippen LogP contribution in [0.3, 0.4) is 0 Å². The zero-order valence-electron chi connectivity index (χ0n) is 14.4. The Morgan fingerprint density at radius 3 is 2.52 bits per heavy atom. The fraction of sp³-hybridized carbons (Fsp3) is 0.632. The summed E-state index contributed by atoms with van der Waals surface area (Å²) in [5.41, 5.74) is 7.13. The first-order chi connectivity index (χ1) is 11.7. The number of benzene rings is 1. The minimum absolute atomic E-state index is 0. The van der Waals surface area contributed by atoms with E-state index in [4.69, 9.17) is 15.2 Å². The fourth-order valence-electron chi connectivity index (χ4n) is 4.64. The number of nitrogens with one attached hydrogen (secondary N) is 1. The fourth-order valence-corrected chi connectivity index (χ4v) is 4.64.